The number of rotatable bonds is 12. The van der Waals surface area contributed by atoms with E-state index in [1.807, 2.05) is 0 Å². The van der Waals surface area contributed by atoms with E-state index < -0.39 is 0 Å². The highest BCUT2D eigenvalue weighted by molar-refractivity contribution is 5.29. The second kappa shape index (κ2) is 11.7. The molecule has 0 saturated carbocycles. The number of nitrogens with one attached hydrogen (secondary N) is 1. The van der Waals surface area contributed by atoms with Crippen LogP contribution in [-0.2, 0) is 9.47 Å². The molecule has 0 amide bonds. The maximum Gasteiger partial charge on any atom is 0.0487 e. The van der Waals surface area contributed by atoms with Crippen molar-refractivity contribution >= 4 is 0 Å². The Morgan fingerprint density at radius 2 is 1.95 bits per heavy atom. The third-order valence-electron chi connectivity index (χ3n) is 3.69. The Morgan fingerprint density at radius 3 is 2.67 bits per heavy atom. The second-order valence-corrected chi connectivity index (χ2v) is 5.51. The maximum atomic E-state index is 5.73. The molecule has 1 atom stereocenters. The van der Waals surface area contributed by atoms with Gasteiger partial charge in [0.1, 0.15) is 0 Å². The minimum Gasteiger partial charge on any atom is -0.385 e. The van der Waals surface area contributed by atoms with Gasteiger partial charge < -0.3 is 14.8 Å². The van der Waals surface area contributed by atoms with Gasteiger partial charge in [-0.25, -0.2) is 0 Å². The minimum absolute atomic E-state index is 0.528. The predicted octanol–water partition coefficient (Wildman–Crippen LogP) is 3.52. The first-order chi connectivity index (χ1) is 10.3. The fourth-order valence-electron chi connectivity index (χ4n) is 2.50. The Labute approximate surface area is 130 Å². The standard InChI is InChI=1S/C18H31NO2/c1-4-11-19-15-17(10-14-21-13-7-12-20-3)18-9-6-5-8-16(18)2/h5-6,8-9,17,19H,4,7,10-15H2,1-3H3. The van der Waals surface area contributed by atoms with Gasteiger partial charge in [-0.15, -0.1) is 0 Å². The minimum atomic E-state index is 0.528. The molecule has 0 fully saturated rings. The molecule has 3 heteroatoms. The van der Waals surface area contributed by atoms with Crippen LogP contribution in [-0.4, -0.2) is 40.0 Å². The van der Waals surface area contributed by atoms with Gasteiger partial charge in [-0.1, -0.05) is 31.2 Å². The molecule has 0 saturated heterocycles. The highest BCUT2D eigenvalue weighted by Gasteiger charge is 2.13. The van der Waals surface area contributed by atoms with Gasteiger partial charge >= 0.3 is 0 Å². The Kier molecular flexibility index (Phi) is 10.1. The van der Waals surface area contributed by atoms with Crippen molar-refractivity contribution in [3.05, 3.63) is 35.4 Å². The maximum absolute atomic E-state index is 5.73. The first-order valence-corrected chi connectivity index (χ1v) is 8.12. The Bertz CT molecular complexity index is 368. The molecule has 21 heavy (non-hydrogen) atoms. The van der Waals surface area contributed by atoms with Crippen molar-refractivity contribution in [2.45, 2.75) is 39.0 Å². The SMILES string of the molecule is CCCNCC(CCOCCCOC)c1ccccc1C. The van der Waals surface area contributed by atoms with Crippen LogP contribution in [0.1, 0.15) is 43.2 Å². The molecule has 0 bridgehead atoms. The largest absolute Gasteiger partial charge is 0.385 e. The molecule has 0 aliphatic heterocycles. The highest BCUT2D eigenvalue weighted by Crippen LogP contribution is 2.22. The number of hydrogen-bond acceptors (Lipinski definition) is 3. The molecule has 0 spiro atoms. The molecular formula is C18H31NO2. The van der Waals surface area contributed by atoms with Gasteiger partial charge in [0.25, 0.3) is 0 Å². The monoisotopic (exact) mass is 293 g/mol. The first kappa shape index (κ1) is 18.1. The van der Waals surface area contributed by atoms with Crippen LogP contribution in [0, 0.1) is 6.92 Å². The summed E-state index contributed by atoms with van der Waals surface area (Å²) in [4.78, 5) is 0. The topological polar surface area (TPSA) is 30.5 Å². The number of hydrogen-bond donors (Lipinski definition) is 1. The van der Waals surface area contributed by atoms with Crippen LogP contribution in [0.2, 0.25) is 0 Å². The smallest absolute Gasteiger partial charge is 0.0487 e. The van der Waals surface area contributed by atoms with Gasteiger partial charge in [0, 0.05) is 33.5 Å². The molecule has 120 valence electrons. The summed E-state index contributed by atoms with van der Waals surface area (Å²) in [6, 6.07) is 8.69. The molecule has 1 rings (SSSR count). The summed E-state index contributed by atoms with van der Waals surface area (Å²) in [6.45, 7) is 8.89. The molecule has 0 radical (unpaired) electrons. The summed E-state index contributed by atoms with van der Waals surface area (Å²) in [6.07, 6.45) is 3.21. The summed E-state index contributed by atoms with van der Waals surface area (Å²) in [5, 5.41) is 3.55. The number of methoxy groups -OCH3 is 1. The van der Waals surface area contributed by atoms with Crippen molar-refractivity contribution in [2.24, 2.45) is 0 Å². The first-order valence-electron chi connectivity index (χ1n) is 8.12. The molecule has 0 heterocycles. The molecule has 1 aromatic carbocycles. The van der Waals surface area contributed by atoms with Gasteiger partial charge in [0.15, 0.2) is 0 Å². The van der Waals surface area contributed by atoms with Crippen molar-refractivity contribution in [3.8, 4) is 0 Å². The number of aryl methyl sites for hydroxylation is 1. The van der Waals surface area contributed by atoms with E-state index >= 15 is 0 Å². The van der Waals surface area contributed by atoms with E-state index in [4.69, 9.17) is 9.47 Å². The van der Waals surface area contributed by atoms with Crippen molar-refractivity contribution in [1.29, 1.82) is 0 Å². The van der Waals surface area contributed by atoms with Crippen LogP contribution >= 0.6 is 0 Å². The number of ether oxygens (including phenoxy) is 2. The molecule has 0 aromatic heterocycles. The fourth-order valence-corrected chi connectivity index (χ4v) is 2.50. The normalized spacial score (nSPS) is 12.5. The lowest BCUT2D eigenvalue weighted by Gasteiger charge is -2.20. The highest BCUT2D eigenvalue weighted by atomic mass is 16.5. The molecule has 3 nitrogen and oxygen atoms in total. The molecular weight excluding hydrogens is 262 g/mol. The number of benzene rings is 1. The molecule has 1 N–H and O–H groups in total. The summed E-state index contributed by atoms with van der Waals surface area (Å²) < 4.78 is 10.8. The average molecular weight is 293 g/mol. The van der Waals surface area contributed by atoms with Crippen molar-refractivity contribution in [1.82, 2.24) is 5.32 Å². The third kappa shape index (κ3) is 7.60. The summed E-state index contributed by atoms with van der Waals surface area (Å²) in [5.74, 6) is 0.528. The zero-order valence-electron chi connectivity index (χ0n) is 13.9. The lowest BCUT2D eigenvalue weighted by atomic mass is 9.92. The van der Waals surface area contributed by atoms with E-state index in [1.54, 1.807) is 7.11 Å². The Hall–Kier alpha value is -0.900. The van der Waals surface area contributed by atoms with Gasteiger partial charge in [0.2, 0.25) is 0 Å². The van der Waals surface area contributed by atoms with E-state index in [1.165, 1.54) is 17.5 Å². The van der Waals surface area contributed by atoms with Crippen LogP contribution < -0.4 is 5.32 Å². The molecule has 0 aliphatic rings. The third-order valence-corrected chi connectivity index (χ3v) is 3.69. The Balaban J connectivity index is 2.43. The summed E-state index contributed by atoms with van der Waals surface area (Å²) in [7, 11) is 1.73. The van der Waals surface area contributed by atoms with Crippen molar-refractivity contribution in [3.63, 3.8) is 0 Å². The van der Waals surface area contributed by atoms with E-state index in [9.17, 15) is 0 Å². The van der Waals surface area contributed by atoms with Crippen LogP contribution in [0.15, 0.2) is 24.3 Å². The Morgan fingerprint density at radius 1 is 1.14 bits per heavy atom. The van der Waals surface area contributed by atoms with E-state index in [0.717, 1.165) is 45.8 Å². The van der Waals surface area contributed by atoms with Gasteiger partial charge in [-0.3, -0.25) is 0 Å². The average Bonchev–Trinajstić information content (AvgIpc) is 2.50. The van der Waals surface area contributed by atoms with Crippen LogP contribution in [0.5, 0.6) is 0 Å². The lowest BCUT2D eigenvalue weighted by Crippen LogP contribution is -2.24. The predicted molar refractivity (Wildman–Crippen MR) is 89.0 cm³/mol. The van der Waals surface area contributed by atoms with Crippen molar-refractivity contribution < 1.29 is 9.47 Å². The molecule has 0 aliphatic carbocycles. The fraction of sp³-hybridized carbons (Fsp3) is 0.667. The summed E-state index contributed by atoms with van der Waals surface area (Å²) in [5.41, 5.74) is 2.82. The van der Waals surface area contributed by atoms with Crippen LogP contribution in [0.4, 0.5) is 0 Å². The van der Waals surface area contributed by atoms with Crippen molar-refractivity contribution in [2.75, 3.05) is 40.0 Å². The van der Waals surface area contributed by atoms with E-state index in [0.29, 0.717) is 5.92 Å². The van der Waals surface area contributed by atoms with Gasteiger partial charge in [0.05, 0.1) is 0 Å². The van der Waals surface area contributed by atoms with E-state index in [-0.39, 0.29) is 0 Å². The summed E-state index contributed by atoms with van der Waals surface area (Å²) >= 11 is 0. The molecule has 1 aromatic rings. The quantitative estimate of drug-likeness (QED) is 0.598. The second-order valence-electron chi connectivity index (χ2n) is 5.51. The van der Waals surface area contributed by atoms with E-state index in [2.05, 4.69) is 43.4 Å². The zero-order valence-corrected chi connectivity index (χ0v) is 13.9. The van der Waals surface area contributed by atoms with Gasteiger partial charge in [-0.05, 0) is 49.8 Å². The lowest BCUT2D eigenvalue weighted by molar-refractivity contribution is 0.0980. The molecule has 1 unspecified atom stereocenters. The van der Waals surface area contributed by atoms with Gasteiger partial charge in [-0.2, -0.15) is 0 Å². The van der Waals surface area contributed by atoms with Crippen LogP contribution in [0.25, 0.3) is 0 Å². The zero-order chi connectivity index (χ0) is 15.3. The van der Waals surface area contributed by atoms with Crippen LogP contribution in [0.3, 0.4) is 0 Å².